The molecule has 1 unspecified atom stereocenters. The van der Waals surface area contributed by atoms with Crippen LogP contribution in [0.3, 0.4) is 0 Å². The summed E-state index contributed by atoms with van der Waals surface area (Å²) in [6.45, 7) is 12.6. The molecule has 27 heavy (non-hydrogen) atoms. The summed E-state index contributed by atoms with van der Waals surface area (Å²) in [5, 5.41) is 13.1. The molecule has 2 aliphatic rings. The number of hydrogen-bond acceptors (Lipinski definition) is 4. The molecule has 2 rings (SSSR count). The number of piperidine rings is 2. The van der Waals surface area contributed by atoms with Crippen LogP contribution in [0.1, 0.15) is 59.8 Å². The minimum atomic E-state index is -0.447. The lowest BCUT2D eigenvalue weighted by atomic mass is 9.95. The maximum Gasteiger partial charge on any atom is 0.410 e. The molecule has 0 spiro atoms. The molecule has 0 aromatic heterocycles. The summed E-state index contributed by atoms with van der Waals surface area (Å²) in [6, 6.07) is 0. The third-order valence-electron chi connectivity index (χ3n) is 5.07. The Hall–Kier alpha value is -1.50. The van der Waals surface area contributed by atoms with E-state index in [1.807, 2.05) is 25.7 Å². The van der Waals surface area contributed by atoms with E-state index in [1.165, 1.54) is 0 Å². The van der Waals surface area contributed by atoms with E-state index in [9.17, 15) is 9.90 Å². The van der Waals surface area contributed by atoms with Crippen LogP contribution < -0.4 is 5.32 Å². The van der Waals surface area contributed by atoms with Gasteiger partial charge < -0.3 is 25.0 Å². The number of hydrogen-bond donors (Lipinski definition) is 2. The van der Waals surface area contributed by atoms with Crippen molar-refractivity contribution in [3.63, 3.8) is 0 Å². The number of ether oxygens (including phenoxy) is 1. The number of aliphatic hydroxyl groups excluding tert-OH is 1. The smallest absolute Gasteiger partial charge is 0.410 e. The van der Waals surface area contributed by atoms with Crippen molar-refractivity contribution in [1.29, 1.82) is 0 Å². The van der Waals surface area contributed by atoms with Crippen molar-refractivity contribution >= 4 is 12.1 Å². The lowest BCUT2D eigenvalue weighted by molar-refractivity contribution is 0.0163. The topological polar surface area (TPSA) is 77.4 Å². The van der Waals surface area contributed by atoms with Crippen LogP contribution in [0.25, 0.3) is 0 Å². The largest absolute Gasteiger partial charge is 0.444 e. The van der Waals surface area contributed by atoms with E-state index >= 15 is 0 Å². The van der Waals surface area contributed by atoms with Gasteiger partial charge in [0, 0.05) is 39.3 Å². The van der Waals surface area contributed by atoms with E-state index in [0.717, 1.165) is 77.3 Å². The summed E-state index contributed by atoms with van der Waals surface area (Å²) in [5.74, 6) is 1.42. The zero-order chi connectivity index (χ0) is 19.9. The summed E-state index contributed by atoms with van der Waals surface area (Å²) in [7, 11) is 0. The number of carbonyl (C=O) groups excluding carboxylic acids is 1. The molecule has 2 N–H and O–H groups in total. The number of nitrogens with zero attached hydrogens (tertiary/aromatic N) is 3. The molecule has 2 heterocycles. The predicted molar refractivity (Wildman–Crippen MR) is 108 cm³/mol. The van der Waals surface area contributed by atoms with E-state index in [0.29, 0.717) is 5.92 Å². The highest BCUT2D eigenvalue weighted by Crippen LogP contribution is 2.22. The first-order valence-electron chi connectivity index (χ1n) is 10.5. The number of amides is 1. The Morgan fingerprint density at radius 2 is 1.89 bits per heavy atom. The van der Waals surface area contributed by atoms with Crippen molar-refractivity contribution in [3.05, 3.63) is 0 Å². The maximum absolute atomic E-state index is 12.3. The Kier molecular flexibility index (Phi) is 8.20. The number of likely N-dealkylation sites (tertiary alicyclic amines) is 2. The fourth-order valence-electron chi connectivity index (χ4n) is 3.65. The molecule has 7 heteroatoms. The van der Waals surface area contributed by atoms with Gasteiger partial charge in [-0.05, 0) is 65.7 Å². The average Bonchev–Trinajstić information content (AvgIpc) is 2.60. The molecular formula is C20H38N4O3. The number of carbonyl (C=O) groups is 1. The molecule has 1 atom stereocenters. The highest BCUT2D eigenvalue weighted by molar-refractivity contribution is 5.80. The molecule has 0 aromatic rings. The molecule has 1 amide bonds. The first-order chi connectivity index (χ1) is 12.8. The van der Waals surface area contributed by atoms with Crippen LogP contribution in [0.15, 0.2) is 4.99 Å². The van der Waals surface area contributed by atoms with Crippen LogP contribution in [0.5, 0.6) is 0 Å². The van der Waals surface area contributed by atoms with Gasteiger partial charge in [0.15, 0.2) is 5.96 Å². The third kappa shape index (κ3) is 7.56. The molecule has 2 saturated heterocycles. The van der Waals surface area contributed by atoms with E-state index in [2.05, 4.69) is 17.1 Å². The number of guanidine groups is 1. The zero-order valence-electron chi connectivity index (χ0n) is 17.5. The van der Waals surface area contributed by atoms with Crippen LogP contribution in [0, 0.1) is 5.92 Å². The average molecular weight is 383 g/mol. The molecule has 7 nitrogen and oxygen atoms in total. The van der Waals surface area contributed by atoms with Gasteiger partial charge >= 0.3 is 6.09 Å². The molecule has 0 bridgehead atoms. The third-order valence-corrected chi connectivity index (χ3v) is 5.07. The minimum Gasteiger partial charge on any atom is -0.444 e. The second kappa shape index (κ2) is 10.2. The van der Waals surface area contributed by atoms with Crippen molar-refractivity contribution < 1.29 is 14.6 Å². The molecular weight excluding hydrogens is 344 g/mol. The Labute approximate surface area is 164 Å². The summed E-state index contributed by atoms with van der Waals surface area (Å²) in [4.78, 5) is 21.2. The maximum atomic E-state index is 12.3. The van der Waals surface area contributed by atoms with Crippen LogP contribution in [-0.2, 0) is 4.74 Å². The van der Waals surface area contributed by atoms with E-state index in [-0.39, 0.29) is 12.2 Å². The van der Waals surface area contributed by atoms with Crippen molar-refractivity contribution in [2.45, 2.75) is 71.5 Å². The van der Waals surface area contributed by atoms with Gasteiger partial charge in [0.1, 0.15) is 5.60 Å². The van der Waals surface area contributed by atoms with Gasteiger partial charge in [-0.3, -0.25) is 4.99 Å². The van der Waals surface area contributed by atoms with Gasteiger partial charge in [-0.15, -0.1) is 0 Å². The normalized spacial score (nSPS) is 22.7. The van der Waals surface area contributed by atoms with Gasteiger partial charge in [0.2, 0.25) is 0 Å². The molecule has 2 fully saturated rings. The standard InChI is InChI=1S/C20H38N4O3/c1-5-21-18(23-13-9-17(25)10-14-23)22-11-8-16-7-6-12-24(15-16)19(26)27-20(2,3)4/h16-17,25H,5-15H2,1-4H3,(H,21,22). The van der Waals surface area contributed by atoms with E-state index < -0.39 is 5.60 Å². The molecule has 0 radical (unpaired) electrons. The molecule has 2 aliphatic heterocycles. The first kappa shape index (κ1) is 21.8. The Balaban J connectivity index is 1.82. The molecule has 156 valence electrons. The Bertz CT molecular complexity index is 496. The van der Waals surface area contributed by atoms with Crippen LogP contribution in [-0.4, -0.2) is 77.9 Å². The molecule has 0 saturated carbocycles. The summed E-state index contributed by atoms with van der Waals surface area (Å²) in [6.07, 6.45) is 4.38. The number of aliphatic imine (C=N–C) groups is 1. The van der Waals surface area contributed by atoms with Crippen molar-refractivity contribution in [3.8, 4) is 0 Å². The molecule has 0 aliphatic carbocycles. The Morgan fingerprint density at radius 1 is 1.19 bits per heavy atom. The lowest BCUT2D eigenvalue weighted by Crippen LogP contribution is -2.46. The van der Waals surface area contributed by atoms with Gasteiger partial charge in [0.25, 0.3) is 0 Å². The summed E-state index contributed by atoms with van der Waals surface area (Å²) >= 11 is 0. The van der Waals surface area contributed by atoms with Gasteiger partial charge in [-0.2, -0.15) is 0 Å². The number of aliphatic hydroxyl groups is 1. The van der Waals surface area contributed by atoms with Crippen molar-refractivity contribution in [2.24, 2.45) is 10.9 Å². The van der Waals surface area contributed by atoms with Gasteiger partial charge in [-0.1, -0.05) is 0 Å². The quantitative estimate of drug-likeness (QED) is 0.577. The number of rotatable bonds is 4. The highest BCUT2D eigenvalue weighted by atomic mass is 16.6. The zero-order valence-corrected chi connectivity index (χ0v) is 17.5. The van der Waals surface area contributed by atoms with Gasteiger partial charge in [-0.25, -0.2) is 4.79 Å². The molecule has 0 aromatic carbocycles. The lowest BCUT2D eigenvalue weighted by Gasteiger charge is -2.34. The SMILES string of the molecule is CCNC(=NCCC1CCCN(C(=O)OC(C)(C)C)C1)N1CCC(O)CC1. The summed E-state index contributed by atoms with van der Waals surface area (Å²) in [5.41, 5.74) is -0.447. The van der Waals surface area contributed by atoms with Crippen LogP contribution >= 0.6 is 0 Å². The van der Waals surface area contributed by atoms with E-state index in [1.54, 1.807) is 0 Å². The number of nitrogens with one attached hydrogen (secondary N) is 1. The summed E-state index contributed by atoms with van der Waals surface area (Å²) < 4.78 is 5.51. The second-order valence-electron chi connectivity index (χ2n) is 8.68. The fraction of sp³-hybridized carbons (Fsp3) is 0.900. The Morgan fingerprint density at radius 3 is 2.52 bits per heavy atom. The van der Waals surface area contributed by atoms with E-state index in [4.69, 9.17) is 9.73 Å². The predicted octanol–water partition coefficient (Wildman–Crippen LogP) is 2.45. The monoisotopic (exact) mass is 382 g/mol. The highest BCUT2D eigenvalue weighted by Gasteiger charge is 2.27. The fourth-order valence-corrected chi connectivity index (χ4v) is 3.65. The minimum absolute atomic E-state index is 0.176. The van der Waals surface area contributed by atoms with Gasteiger partial charge in [0.05, 0.1) is 6.10 Å². The van der Waals surface area contributed by atoms with Crippen molar-refractivity contribution in [1.82, 2.24) is 15.1 Å². The first-order valence-corrected chi connectivity index (χ1v) is 10.5. The van der Waals surface area contributed by atoms with Crippen molar-refractivity contribution in [2.75, 3.05) is 39.3 Å². The van der Waals surface area contributed by atoms with Crippen LogP contribution in [0.4, 0.5) is 4.79 Å². The second-order valence-corrected chi connectivity index (χ2v) is 8.68. The van der Waals surface area contributed by atoms with Crippen LogP contribution in [0.2, 0.25) is 0 Å².